The first-order valence-electron chi connectivity index (χ1n) is 11.9. The van der Waals surface area contributed by atoms with Crippen LogP contribution in [0.1, 0.15) is 16.1 Å². The van der Waals surface area contributed by atoms with Crippen LogP contribution in [0, 0.1) is 5.82 Å². The molecule has 10 nitrogen and oxygen atoms in total. The number of hydrogen-bond acceptors (Lipinski definition) is 7. The van der Waals surface area contributed by atoms with Gasteiger partial charge >= 0.3 is 0 Å². The maximum Gasteiger partial charge on any atom is 0.252 e. The maximum atomic E-state index is 13.6. The van der Waals surface area contributed by atoms with E-state index < -0.39 is 23.7 Å². The van der Waals surface area contributed by atoms with Crippen molar-refractivity contribution in [1.29, 1.82) is 0 Å². The summed E-state index contributed by atoms with van der Waals surface area (Å²) in [6.45, 7) is 3.48. The average molecular weight is 527 g/mol. The fourth-order valence-electron chi connectivity index (χ4n) is 3.96. The van der Waals surface area contributed by atoms with Gasteiger partial charge in [-0.1, -0.05) is 6.07 Å². The summed E-state index contributed by atoms with van der Waals surface area (Å²) < 4.78 is 13.6. The van der Waals surface area contributed by atoms with E-state index >= 15 is 0 Å². The minimum absolute atomic E-state index is 0.0249. The summed E-state index contributed by atoms with van der Waals surface area (Å²) in [5.41, 5.74) is 14.2. The standard InChI is InChI=1S/C28H27FN8O2/c1-32-13-11-23(34-17-30)24-15-19-14-18(5-10-22(19)35-24)28(39)36-25(27(31)38)16-37(26-4-2-3-12-33-26)21-8-6-20(29)7-9-21/h2-15,25,35H,1,16-17,30H2,(H2,31,38)(H,36,39)/b13-11-,34-23+. The zero-order chi connectivity index (χ0) is 27.8. The molecule has 2 aromatic heterocycles. The Morgan fingerprint density at radius 3 is 2.62 bits per heavy atom. The third-order valence-electron chi connectivity index (χ3n) is 5.84. The number of aliphatic imine (C=N–C) groups is 2. The first-order chi connectivity index (χ1) is 18.9. The molecule has 4 aromatic rings. The smallest absolute Gasteiger partial charge is 0.252 e. The van der Waals surface area contributed by atoms with Crippen molar-refractivity contribution >= 4 is 46.7 Å². The van der Waals surface area contributed by atoms with E-state index in [1.54, 1.807) is 65.7 Å². The van der Waals surface area contributed by atoms with Gasteiger partial charge in [-0.05, 0) is 73.5 Å². The number of carbonyl (C=O) groups is 2. The second-order valence-corrected chi connectivity index (χ2v) is 8.41. The molecule has 2 amide bonds. The number of nitrogens with one attached hydrogen (secondary N) is 2. The lowest BCUT2D eigenvalue weighted by Gasteiger charge is -2.28. The molecule has 0 saturated carbocycles. The highest BCUT2D eigenvalue weighted by molar-refractivity contribution is 6.10. The molecule has 1 atom stereocenters. The lowest BCUT2D eigenvalue weighted by atomic mass is 10.1. The Morgan fingerprint density at radius 2 is 1.95 bits per heavy atom. The lowest BCUT2D eigenvalue weighted by molar-refractivity contribution is -0.119. The third-order valence-corrected chi connectivity index (χ3v) is 5.84. The van der Waals surface area contributed by atoms with Crippen LogP contribution in [-0.2, 0) is 4.79 Å². The monoisotopic (exact) mass is 526 g/mol. The third kappa shape index (κ3) is 6.59. The minimum Gasteiger partial charge on any atom is -0.368 e. The van der Waals surface area contributed by atoms with E-state index in [2.05, 4.69) is 32.0 Å². The highest BCUT2D eigenvalue weighted by Crippen LogP contribution is 2.24. The summed E-state index contributed by atoms with van der Waals surface area (Å²) in [5, 5.41) is 3.47. The van der Waals surface area contributed by atoms with Crippen molar-refractivity contribution in [3.05, 3.63) is 102 Å². The van der Waals surface area contributed by atoms with Gasteiger partial charge in [0.1, 0.15) is 17.7 Å². The van der Waals surface area contributed by atoms with Gasteiger partial charge in [-0.2, -0.15) is 0 Å². The van der Waals surface area contributed by atoms with Gasteiger partial charge in [-0.25, -0.2) is 9.37 Å². The fraction of sp³-hybridized carbons (Fsp3) is 0.107. The molecular weight excluding hydrogens is 499 g/mol. The molecule has 2 aromatic carbocycles. The minimum atomic E-state index is -1.08. The Balaban J connectivity index is 1.59. The predicted octanol–water partition coefficient (Wildman–Crippen LogP) is 3.04. The second-order valence-electron chi connectivity index (χ2n) is 8.41. The van der Waals surface area contributed by atoms with Crippen molar-refractivity contribution in [2.24, 2.45) is 21.5 Å². The summed E-state index contributed by atoms with van der Waals surface area (Å²) in [7, 11) is 0. The van der Waals surface area contributed by atoms with Crippen LogP contribution in [0.2, 0.25) is 0 Å². The summed E-state index contributed by atoms with van der Waals surface area (Å²) in [5.74, 6) is -1.13. The Morgan fingerprint density at radius 1 is 1.15 bits per heavy atom. The number of rotatable bonds is 11. The van der Waals surface area contributed by atoms with Crippen LogP contribution < -0.4 is 21.7 Å². The molecule has 39 heavy (non-hydrogen) atoms. The van der Waals surface area contributed by atoms with E-state index in [1.807, 2.05) is 6.07 Å². The first-order valence-corrected chi connectivity index (χ1v) is 11.9. The van der Waals surface area contributed by atoms with Crippen molar-refractivity contribution in [2.45, 2.75) is 6.04 Å². The number of anilines is 2. The van der Waals surface area contributed by atoms with Crippen molar-refractivity contribution < 1.29 is 14.0 Å². The summed E-state index contributed by atoms with van der Waals surface area (Å²) in [6.07, 6.45) is 4.77. The number of pyridine rings is 1. The number of allylic oxidation sites excluding steroid dienone is 1. The number of amides is 2. The van der Waals surface area contributed by atoms with Gasteiger partial charge in [0.2, 0.25) is 5.91 Å². The summed E-state index contributed by atoms with van der Waals surface area (Å²) >= 11 is 0. The van der Waals surface area contributed by atoms with Gasteiger partial charge in [0.05, 0.1) is 24.6 Å². The van der Waals surface area contributed by atoms with Gasteiger partial charge < -0.3 is 26.7 Å². The van der Waals surface area contributed by atoms with E-state index in [0.717, 1.165) is 10.9 Å². The molecule has 0 spiro atoms. The maximum absolute atomic E-state index is 13.6. The quantitative estimate of drug-likeness (QED) is 0.221. The number of nitrogens with two attached hydrogens (primary N) is 2. The average Bonchev–Trinajstić information content (AvgIpc) is 3.37. The first kappa shape index (κ1) is 26.9. The van der Waals surface area contributed by atoms with Crippen LogP contribution in [-0.4, -0.2) is 53.5 Å². The van der Waals surface area contributed by atoms with E-state index in [-0.39, 0.29) is 13.2 Å². The zero-order valence-electron chi connectivity index (χ0n) is 20.9. The second kappa shape index (κ2) is 12.4. The number of benzene rings is 2. The number of halogens is 1. The number of fused-ring (bicyclic) bond motifs is 1. The van der Waals surface area contributed by atoms with Crippen LogP contribution in [0.4, 0.5) is 15.9 Å². The number of aromatic amines is 1. The molecule has 11 heteroatoms. The summed E-state index contributed by atoms with van der Waals surface area (Å²) in [6, 6.07) is 16.8. The van der Waals surface area contributed by atoms with Gasteiger partial charge in [0, 0.05) is 34.6 Å². The van der Waals surface area contributed by atoms with Crippen molar-refractivity contribution in [1.82, 2.24) is 15.3 Å². The number of carbonyl (C=O) groups excluding carboxylic acids is 2. The molecule has 0 aliphatic heterocycles. The SMILES string of the molecule is C=N/C=C\C(=N/CN)c1cc2cc(C(=O)NC(CN(c3ccc(F)cc3)c3ccccn3)C(N)=O)ccc2[nH]1. The molecule has 1 unspecified atom stereocenters. The Hall–Kier alpha value is -5.16. The molecule has 0 radical (unpaired) electrons. The van der Waals surface area contributed by atoms with Gasteiger partial charge in [0.15, 0.2) is 0 Å². The number of nitrogens with zero attached hydrogens (tertiary/aromatic N) is 4. The van der Waals surface area contributed by atoms with Crippen LogP contribution in [0.15, 0.2) is 95.2 Å². The topological polar surface area (TPSA) is 155 Å². The van der Waals surface area contributed by atoms with Crippen molar-refractivity contribution in [2.75, 3.05) is 18.1 Å². The number of hydrogen-bond donors (Lipinski definition) is 4. The molecule has 0 saturated heterocycles. The van der Waals surface area contributed by atoms with Crippen molar-refractivity contribution in [3.8, 4) is 0 Å². The van der Waals surface area contributed by atoms with E-state index in [0.29, 0.717) is 28.5 Å². The number of primary amides is 1. The molecule has 2 heterocycles. The largest absolute Gasteiger partial charge is 0.368 e. The van der Waals surface area contributed by atoms with Gasteiger partial charge in [-0.15, -0.1) is 0 Å². The molecular formula is C28H27FN8O2. The van der Waals surface area contributed by atoms with Gasteiger partial charge in [-0.3, -0.25) is 19.6 Å². The van der Waals surface area contributed by atoms with Crippen LogP contribution in [0.5, 0.6) is 0 Å². The highest BCUT2D eigenvalue weighted by atomic mass is 19.1. The fourth-order valence-corrected chi connectivity index (χ4v) is 3.96. The zero-order valence-corrected chi connectivity index (χ0v) is 20.9. The van der Waals surface area contributed by atoms with E-state index in [1.165, 1.54) is 18.3 Å². The predicted molar refractivity (Wildman–Crippen MR) is 151 cm³/mol. The number of H-pyrrole nitrogens is 1. The Kier molecular flexibility index (Phi) is 8.54. The van der Waals surface area contributed by atoms with Crippen LogP contribution in [0.25, 0.3) is 10.9 Å². The summed E-state index contributed by atoms with van der Waals surface area (Å²) in [4.78, 5) is 42.8. The normalized spacial score (nSPS) is 12.4. The number of aromatic nitrogens is 2. The van der Waals surface area contributed by atoms with Crippen molar-refractivity contribution in [3.63, 3.8) is 0 Å². The van der Waals surface area contributed by atoms with E-state index in [9.17, 15) is 14.0 Å². The molecule has 4 rings (SSSR count). The molecule has 6 N–H and O–H groups in total. The lowest BCUT2D eigenvalue weighted by Crippen LogP contribution is -2.50. The Bertz CT molecular complexity index is 1530. The molecule has 0 aliphatic carbocycles. The molecule has 0 bridgehead atoms. The molecule has 0 aliphatic rings. The molecule has 198 valence electrons. The van der Waals surface area contributed by atoms with Crippen LogP contribution in [0.3, 0.4) is 0 Å². The molecule has 0 fully saturated rings. The van der Waals surface area contributed by atoms with Gasteiger partial charge in [0.25, 0.3) is 5.91 Å². The van der Waals surface area contributed by atoms with Crippen LogP contribution >= 0.6 is 0 Å². The Labute approximate surface area is 224 Å². The highest BCUT2D eigenvalue weighted by Gasteiger charge is 2.24. The van der Waals surface area contributed by atoms with E-state index in [4.69, 9.17) is 11.5 Å².